The summed E-state index contributed by atoms with van der Waals surface area (Å²) in [6, 6.07) is 6.92. The first-order valence-corrected chi connectivity index (χ1v) is 14.0. The van der Waals surface area contributed by atoms with E-state index in [4.69, 9.17) is 20.8 Å². The third-order valence-corrected chi connectivity index (χ3v) is 7.92. The maximum Gasteiger partial charge on any atom is 0.390 e. The minimum Gasteiger partial charge on any atom is -0.495 e. The van der Waals surface area contributed by atoms with Crippen molar-refractivity contribution in [2.24, 2.45) is 0 Å². The molecule has 1 aliphatic heterocycles. The number of fused-ring (bicyclic) bond motifs is 1. The topological polar surface area (TPSA) is 101 Å². The van der Waals surface area contributed by atoms with Crippen LogP contribution in [0.4, 0.5) is 23.2 Å². The van der Waals surface area contributed by atoms with Gasteiger partial charge in [-0.2, -0.15) is 13.2 Å². The summed E-state index contributed by atoms with van der Waals surface area (Å²) in [6.07, 6.45) is -6.52. The van der Waals surface area contributed by atoms with E-state index in [1.807, 2.05) is 4.72 Å². The number of nitrogens with zero attached hydrogens (tertiary/aromatic N) is 1. The highest BCUT2D eigenvalue weighted by Crippen LogP contribution is 2.33. The van der Waals surface area contributed by atoms with Gasteiger partial charge in [0.15, 0.2) is 5.82 Å². The van der Waals surface area contributed by atoms with Gasteiger partial charge < -0.3 is 14.5 Å². The summed E-state index contributed by atoms with van der Waals surface area (Å²) in [4.78, 5) is 15.3. The van der Waals surface area contributed by atoms with Gasteiger partial charge in [-0.1, -0.05) is 23.7 Å². The van der Waals surface area contributed by atoms with E-state index < -0.39 is 45.5 Å². The molecule has 212 valence electrons. The van der Waals surface area contributed by atoms with Crippen molar-refractivity contribution in [3.8, 4) is 5.75 Å². The molecule has 0 amide bonds. The van der Waals surface area contributed by atoms with Crippen LogP contribution < -0.4 is 20.4 Å². The molecule has 1 saturated heterocycles. The fourth-order valence-corrected chi connectivity index (χ4v) is 5.70. The fourth-order valence-electron chi connectivity index (χ4n) is 4.37. The van der Waals surface area contributed by atoms with E-state index in [0.29, 0.717) is 36.3 Å². The minimum atomic E-state index is -4.69. The molecule has 0 bridgehead atoms. The first-order chi connectivity index (χ1) is 18.4. The molecule has 0 aliphatic carbocycles. The van der Waals surface area contributed by atoms with Gasteiger partial charge in [-0.3, -0.25) is 9.62 Å². The predicted octanol–water partition coefficient (Wildman–Crippen LogP) is 4.28. The van der Waals surface area contributed by atoms with Crippen LogP contribution in [0.1, 0.15) is 23.1 Å². The summed E-state index contributed by atoms with van der Waals surface area (Å²) in [5.74, 6) is -1.95. The molecular weight excluding hydrogens is 566 g/mol. The maximum absolute atomic E-state index is 15.4. The highest BCUT2D eigenvalue weighted by Gasteiger charge is 2.30. The van der Waals surface area contributed by atoms with E-state index in [9.17, 15) is 26.4 Å². The van der Waals surface area contributed by atoms with Crippen LogP contribution in [0, 0.1) is 5.82 Å². The molecule has 0 radical (unpaired) electrons. The zero-order chi connectivity index (χ0) is 28.4. The Labute approximate surface area is 226 Å². The van der Waals surface area contributed by atoms with Crippen LogP contribution in [0.2, 0.25) is 5.02 Å². The van der Waals surface area contributed by atoms with Gasteiger partial charge in [0.1, 0.15) is 11.3 Å². The molecule has 3 aromatic rings. The number of sulfonamides is 1. The van der Waals surface area contributed by atoms with Gasteiger partial charge in [0.2, 0.25) is 10.0 Å². The Kier molecular flexibility index (Phi) is 8.74. The molecule has 39 heavy (non-hydrogen) atoms. The van der Waals surface area contributed by atoms with Crippen LogP contribution in [0.3, 0.4) is 0 Å². The Hall–Kier alpha value is -2.87. The Morgan fingerprint density at radius 1 is 1.18 bits per heavy atom. The number of piperazine rings is 1. The molecule has 2 aromatic carbocycles. The largest absolute Gasteiger partial charge is 0.495 e. The fraction of sp³-hybridized carbons (Fsp3) is 0.400. The number of anilines is 1. The SMILES string of the molecule is COc1cc2oc(=O)c(Cc3cccc(NS(=O)(=O)CCC(F)(F)F)c3F)c(CN3CCNCC3)c2cc1Cl. The van der Waals surface area contributed by atoms with Crippen LogP contribution in [0.15, 0.2) is 39.5 Å². The third kappa shape index (κ3) is 7.21. The van der Waals surface area contributed by atoms with Crippen LogP contribution >= 0.6 is 11.6 Å². The summed E-state index contributed by atoms with van der Waals surface area (Å²) >= 11 is 6.37. The number of benzene rings is 2. The number of hydrogen-bond donors (Lipinski definition) is 2. The molecule has 0 atom stereocenters. The van der Waals surface area contributed by atoms with Gasteiger partial charge in [0, 0.05) is 56.2 Å². The van der Waals surface area contributed by atoms with Crippen molar-refractivity contribution in [3.05, 3.63) is 68.3 Å². The molecule has 1 fully saturated rings. The Morgan fingerprint density at radius 3 is 2.56 bits per heavy atom. The van der Waals surface area contributed by atoms with Gasteiger partial charge >= 0.3 is 11.8 Å². The monoisotopic (exact) mass is 591 g/mol. The van der Waals surface area contributed by atoms with Crippen molar-refractivity contribution in [1.82, 2.24) is 10.2 Å². The number of halogens is 5. The summed E-state index contributed by atoms with van der Waals surface area (Å²) in [5, 5.41) is 4.07. The number of rotatable bonds is 9. The predicted molar refractivity (Wildman–Crippen MR) is 139 cm³/mol. The molecule has 8 nitrogen and oxygen atoms in total. The van der Waals surface area contributed by atoms with Crippen LogP contribution in [-0.4, -0.2) is 58.5 Å². The number of nitrogens with one attached hydrogen (secondary N) is 2. The Morgan fingerprint density at radius 2 is 1.90 bits per heavy atom. The highest BCUT2D eigenvalue weighted by molar-refractivity contribution is 7.92. The zero-order valence-electron chi connectivity index (χ0n) is 20.8. The van der Waals surface area contributed by atoms with Crippen molar-refractivity contribution in [3.63, 3.8) is 0 Å². The Bertz CT molecular complexity index is 1520. The summed E-state index contributed by atoms with van der Waals surface area (Å²) < 4.78 is 89.9. The lowest BCUT2D eigenvalue weighted by Gasteiger charge is -2.28. The second-order valence-corrected chi connectivity index (χ2v) is 11.3. The van der Waals surface area contributed by atoms with Crippen LogP contribution in [0.25, 0.3) is 11.0 Å². The van der Waals surface area contributed by atoms with Crippen molar-refractivity contribution in [2.75, 3.05) is 43.8 Å². The average Bonchev–Trinajstić information content (AvgIpc) is 2.87. The quantitative estimate of drug-likeness (QED) is 0.283. The molecular formula is C25H26ClF4N3O5S. The Balaban J connectivity index is 1.74. The molecule has 2 heterocycles. The van der Waals surface area contributed by atoms with E-state index in [-0.39, 0.29) is 28.2 Å². The van der Waals surface area contributed by atoms with E-state index in [2.05, 4.69) is 10.2 Å². The standard InChI is InChI=1S/C25H26ClF4N3O5S/c1-37-22-13-21-16(12-19(22)26)18(14-33-8-6-31-7-9-33)17(24(34)38-21)11-15-3-2-4-20(23(15)27)32-39(35,36)10-5-25(28,29)30/h2-4,12-13,31-32H,5-11,14H2,1H3. The van der Waals surface area contributed by atoms with Crippen LogP contribution in [-0.2, 0) is 23.0 Å². The van der Waals surface area contributed by atoms with Crippen molar-refractivity contribution in [2.45, 2.75) is 25.6 Å². The normalized spacial score (nSPS) is 15.0. The lowest BCUT2D eigenvalue weighted by atomic mass is 9.97. The molecule has 1 aliphatic rings. The number of alkyl halides is 3. The number of hydrogen-bond acceptors (Lipinski definition) is 7. The number of ether oxygens (including phenoxy) is 1. The molecule has 14 heteroatoms. The highest BCUT2D eigenvalue weighted by atomic mass is 35.5. The lowest BCUT2D eigenvalue weighted by molar-refractivity contribution is -0.129. The first kappa shape index (κ1) is 29.1. The number of methoxy groups -OCH3 is 1. The molecule has 2 N–H and O–H groups in total. The van der Waals surface area contributed by atoms with Gasteiger partial charge in [-0.15, -0.1) is 0 Å². The van der Waals surface area contributed by atoms with E-state index >= 15 is 4.39 Å². The first-order valence-electron chi connectivity index (χ1n) is 12.0. The lowest BCUT2D eigenvalue weighted by Crippen LogP contribution is -2.43. The average molecular weight is 592 g/mol. The molecule has 1 aromatic heterocycles. The summed E-state index contributed by atoms with van der Waals surface area (Å²) in [7, 11) is -3.06. The second kappa shape index (κ2) is 11.7. The molecule has 0 unspecified atom stereocenters. The van der Waals surface area contributed by atoms with Gasteiger partial charge in [-0.25, -0.2) is 17.6 Å². The van der Waals surface area contributed by atoms with Crippen LogP contribution in [0.5, 0.6) is 5.75 Å². The van der Waals surface area contributed by atoms with E-state index in [1.165, 1.54) is 25.3 Å². The third-order valence-electron chi connectivity index (χ3n) is 6.35. The van der Waals surface area contributed by atoms with Crippen molar-refractivity contribution in [1.29, 1.82) is 0 Å². The van der Waals surface area contributed by atoms with Crippen molar-refractivity contribution >= 4 is 38.3 Å². The summed E-state index contributed by atoms with van der Waals surface area (Å²) in [6.45, 7) is 3.24. The van der Waals surface area contributed by atoms with Gasteiger partial charge in [0.05, 0.1) is 30.0 Å². The zero-order valence-corrected chi connectivity index (χ0v) is 22.4. The maximum atomic E-state index is 15.4. The minimum absolute atomic E-state index is 0.0427. The molecule has 0 spiro atoms. The molecule has 4 rings (SSSR count). The van der Waals surface area contributed by atoms with Gasteiger partial charge in [-0.05, 0) is 23.3 Å². The van der Waals surface area contributed by atoms with E-state index in [1.54, 1.807) is 6.07 Å². The molecule has 0 saturated carbocycles. The smallest absolute Gasteiger partial charge is 0.390 e. The van der Waals surface area contributed by atoms with Crippen molar-refractivity contribution < 1.29 is 35.1 Å². The summed E-state index contributed by atoms with van der Waals surface area (Å²) in [5.41, 5.74) is -0.314. The van der Waals surface area contributed by atoms with Gasteiger partial charge in [0.25, 0.3) is 0 Å². The second-order valence-electron chi connectivity index (χ2n) is 9.10. The van der Waals surface area contributed by atoms with E-state index in [0.717, 1.165) is 19.2 Å².